The molecule has 3 nitrogen and oxygen atoms in total. The van der Waals surface area contributed by atoms with Crippen LogP contribution in [0.25, 0.3) is 0 Å². The molecule has 92 valence electrons. The van der Waals surface area contributed by atoms with Crippen LogP contribution in [0.2, 0.25) is 0 Å². The van der Waals surface area contributed by atoms with Crippen LogP contribution >= 0.6 is 0 Å². The Bertz CT molecular complexity index is 570. The third kappa shape index (κ3) is 2.73. The molecule has 2 aromatic rings. The lowest BCUT2D eigenvalue weighted by Crippen LogP contribution is -2.15. The number of rotatable bonds is 3. The molecule has 0 saturated carbocycles. The second-order valence-corrected chi connectivity index (χ2v) is 4.06. The number of hydrogen-bond donors (Lipinski definition) is 0. The first kappa shape index (κ1) is 12.7. The number of benzene rings is 2. The fraction of sp³-hybridized carbons (Fsp3) is 0.125. The van der Waals surface area contributed by atoms with Crippen molar-refractivity contribution in [3.63, 3.8) is 0 Å². The van der Waals surface area contributed by atoms with Gasteiger partial charge in [-0.2, -0.15) is 10.5 Å². The smallest absolute Gasteiger partial charge is 0.0991 e. The molecule has 0 aromatic heterocycles. The zero-order chi connectivity index (χ0) is 13.7. The van der Waals surface area contributed by atoms with Crippen molar-refractivity contribution >= 4 is 11.4 Å². The molecule has 0 aliphatic heterocycles. The second kappa shape index (κ2) is 5.71. The van der Waals surface area contributed by atoms with Gasteiger partial charge in [-0.15, -0.1) is 0 Å². The molecule has 0 bridgehead atoms. The van der Waals surface area contributed by atoms with E-state index in [0.717, 1.165) is 17.9 Å². The number of hydrogen-bond acceptors (Lipinski definition) is 3. The molecular formula is C16H13N3. The van der Waals surface area contributed by atoms with Gasteiger partial charge in [-0.25, -0.2) is 0 Å². The zero-order valence-corrected chi connectivity index (χ0v) is 10.7. The van der Waals surface area contributed by atoms with E-state index >= 15 is 0 Å². The summed E-state index contributed by atoms with van der Waals surface area (Å²) in [6, 6.07) is 19.2. The van der Waals surface area contributed by atoms with Crippen molar-refractivity contribution in [3.8, 4) is 12.1 Å². The van der Waals surface area contributed by atoms with Crippen molar-refractivity contribution in [2.45, 2.75) is 6.92 Å². The standard InChI is InChI=1S/C16H13N3/c1-2-19(15-7-3-13(11-17)4-8-15)16-9-5-14(12-18)6-10-16/h3-10H,2H2,1H3. The van der Waals surface area contributed by atoms with Gasteiger partial charge in [0.05, 0.1) is 23.3 Å². The highest BCUT2D eigenvalue weighted by molar-refractivity contribution is 5.64. The summed E-state index contributed by atoms with van der Waals surface area (Å²) in [6.07, 6.45) is 0. The molecule has 0 fully saturated rings. The van der Waals surface area contributed by atoms with Gasteiger partial charge in [0.15, 0.2) is 0 Å². The molecule has 0 aliphatic carbocycles. The minimum Gasteiger partial charge on any atom is -0.342 e. The largest absolute Gasteiger partial charge is 0.342 e. The van der Waals surface area contributed by atoms with Gasteiger partial charge in [-0.3, -0.25) is 0 Å². The van der Waals surface area contributed by atoms with Gasteiger partial charge in [-0.05, 0) is 55.5 Å². The fourth-order valence-electron chi connectivity index (χ4n) is 1.95. The van der Waals surface area contributed by atoms with E-state index in [4.69, 9.17) is 10.5 Å². The van der Waals surface area contributed by atoms with E-state index in [1.807, 2.05) is 48.5 Å². The molecule has 0 N–H and O–H groups in total. The minimum atomic E-state index is 0.652. The van der Waals surface area contributed by atoms with Gasteiger partial charge in [0.2, 0.25) is 0 Å². The molecule has 19 heavy (non-hydrogen) atoms. The van der Waals surface area contributed by atoms with Crippen LogP contribution in [-0.2, 0) is 0 Å². The van der Waals surface area contributed by atoms with E-state index in [-0.39, 0.29) is 0 Å². The summed E-state index contributed by atoms with van der Waals surface area (Å²) >= 11 is 0. The van der Waals surface area contributed by atoms with Crippen molar-refractivity contribution in [1.82, 2.24) is 0 Å². The molecule has 0 spiro atoms. The summed E-state index contributed by atoms with van der Waals surface area (Å²) in [4.78, 5) is 2.13. The van der Waals surface area contributed by atoms with Gasteiger partial charge in [0.1, 0.15) is 0 Å². The first-order chi connectivity index (χ1) is 9.28. The van der Waals surface area contributed by atoms with Gasteiger partial charge >= 0.3 is 0 Å². The van der Waals surface area contributed by atoms with E-state index in [1.165, 1.54) is 0 Å². The van der Waals surface area contributed by atoms with Crippen LogP contribution in [0.5, 0.6) is 0 Å². The van der Waals surface area contributed by atoms with Crippen LogP contribution in [-0.4, -0.2) is 6.54 Å². The molecule has 3 heteroatoms. The van der Waals surface area contributed by atoms with Gasteiger partial charge in [0, 0.05) is 17.9 Å². The molecule has 0 atom stereocenters. The average molecular weight is 247 g/mol. The molecule has 0 saturated heterocycles. The molecule has 2 rings (SSSR count). The molecule has 0 amide bonds. The first-order valence-corrected chi connectivity index (χ1v) is 6.06. The van der Waals surface area contributed by atoms with Crippen molar-refractivity contribution in [2.24, 2.45) is 0 Å². The SMILES string of the molecule is CCN(c1ccc(C#N)cc1)c1ccc(C#N)cc1. The Kier molecular flexibility index (Phi) is 3.81. The molecule has 0 heterocycles. The van der Waals surface area contributed by atoms with E-state index in [9.17, 15) is 0 Å². The predicted molar refractivity (Wildman–Crippen MR) is 75.0 cm³/mol. The predicted octanol–water partition coefficient (Wildman–Crippen LogP) is 3.59. The van der Waals surface area contributed by atoms with E-state index in [1.54, 1.807) is 0 Å². The molecule has 2 aromatic carbocycles. The summed E-state index contributed by atoms with van der Waals surface area (Å²) in [7, 11) is 0. The Morgan fingerprint density at radius 1 is 0.789 bits per heavy atom. The van der Waals surface area contributed by atoms with Crippen LogP contribution in [0.3, 0.4) is 0 Å². The van der Waals surface area contributed by atoms with Crippen LogP contribution < -0.4 is 4.90 Å². The Morgan fingerprint density at radius 2 is 1.16 bits per heavy atom. The highest BCUT2D eigenvalue weighted by Crippen LogP contribution is 2.25. The van der Waals surface area contributed by atoms with Crippen LogP contribution in [0.1, 0.15) is 18.1 Å². The Morgan fingerprint density at radius 3 is 1.42 bits per heavy atom. The third-order valence-corrected chi connectivity index (χ3v) is 2.93. The lowest BCUT2D eigenvalue weighted by atomic mass is 10.1. The number of nitriles is 2. The van der Waals surface area contributed by atoms with Crippen LogP contribution in [0, 0.1) is 22.7 Å². The fourth-order valence-corrected chi connectivity index (χ4v) is 1.95. The van der Waals surface area contributed by atoms with Gasteiger partial charge in [0.25, 0.3) is 0 Å². The van der Waals surface area contributed by atoms with Crippen molar-refractivity contribution in [3.05, 3.63) is 59.7 Å². The Labute approximate surface area is 112 Å². The maximum absolute atomic E-state index is 8.80. The minimum absolute atomic E-state index is 0.652. The van der Waals surface area contributed by atoms with E-state index < -0.39 is 0 Å². The maximum atomic E-state index is 8.80. The highest BCUT2D eigenvalue weighted by atomic mass is 15.1. The monoisotopic (exact) mass is 247 g/mol. The molecular weight excluding hydrogens is 234 g/mol. The van der Waals surface area contributed by atoms with Crippen molar-refractivity contribution in [2.75, 3.05) is 11.4 Å². The Balaban J connectivity index is 2.33. The lowest BCUT2D eigenvalue weighted by Gasteiger charge is -2.23. The topological polar surface area (TPSA) is 50.8 Å². The van der Waals surface area contributed by atoms with E-state index in [2.05, 4.69) is 24.0 Å². The molecule has 0 unspecified atom stereocenters. The lowest BCUT2D eigenvalue weighted by molar-refractivity contribution is 1.02. The van der Waals surface area contributed by atoms with Crippen LogP contribution in [0.15, 0.2) is 48.5 Å². The summed E-state index contributed by atoms with van der Waals surface area (Å²) in [5.74, 6) is 0. The maximum Gasteiger partial charge on any atom is 0.0991 e. The summed E-state index contributed by atoms with van der Waals surface area (Å²) in [5, 5.41) is 17.6. The molecule has 0 aliphatic rings. The Hall–Kier alpha value is -2.78. The van der Waals surface area contributed by atoms with E-state index in [0.29, 0.717) is 11.1 Å². The summed E-state index contributed by atoms with van der Waals surface area (Å²) < 4.78 is 0. The second-order valence-electron chi connectivity index (χ2n) is 4.06. The average Bonchev–Trinajstić information content (AvgIpc) is 2.49. The van der Waals surface area contributed by atoms with Crippen LogP contribution in [0.4, 0.5) is 11.4 Å². The summed E-state index contributed by atoms with van der Waals surface area (Å²) in [6.45, 7) is 2.88. The normalized spacial score (nSPS) is 9.42. The first-order valence-electron chi connectivity index (χ1n) is 6.06. The van der Waals surface area contributed by atoms with Crippen molar-refractivity contribution < 1.29 is 0 Å². The van der Waals surface area contributed by atoms with Gasteiger partial charge in [-0.1, -0.05) is 0 Å². The quantitative estimate of drug-likeness (QED) is 0.832. The number of anilines is 2. The third-order valence-electron chi connectivity index (χ3n) is 2.93. The number of nitrogens with zero attached hydrogens (tertiary/aromatic N) is 3. The zero-order valence-electron chi connectivity index (χ0n) is 10.7. The molecule has 0 radical (unpaired) electrons. The van der Waals surface area contributed by atoms with Gasteiger partial charge < -0.3 is 4.90 Å². The van der Waals surface area contributed by atoms with Crippen molar-refractivity contribution in [1.29, 1.82) is 10.5 Å². The summed E-state index contributed by atoms with van der Waals surface area (Å²) in [5.41, 5.74) is 3.37. The highest BCUT2D eigenvalue weighted by Gasteiger charge is 2.07.